The normalized spacial score (nSPS) is 10.9. The molecule has 162 valence electrons. The van der Waals surface area contributed by atoms with Crippen LogP contribution in [0.2, 0.25) is 0 Å². The summed E-state index contributed by atoms with van der Waals surface area (Å²) in [5, 5.41) is 4.54. The van der Waals surface area contributed by atoms with Crippen molar-refractivity contribution in [3.63, 3.8) is 0 Å². The van der Waals surface area contributed by atoms with Crippen molar-refractivity contribution in [3.8, 4) is 16.9 Å². The van der Waals surface area contributed by atoms with Gasteiger partial charge in [-0.05, 0) is 49.7 Å². The van der Waals surface area contributed by atoms with E-state index in [0.717, 1.165) is 0 Å². The summed E-state index contributed by atoms with van der Waals surface area (Å²) in [4.78, 5) is 25.4. The number of esters is 2. The van der Waals surface area contributed by atoms with Gasteiger partial charge in [-0.25, -0.2) is 18.7 Å². The number of nitrogens with zero attached hydrogens (tertiary/aromatic N) is 2. The van der Waals surface area contributed by atoms with Crippen molar-refractivity contribution in [2.45, 2.75) is 26.6 Å². The number of hydrogen-bond acceptors (Lipinski definition) is 6. The summed E-state index contributed by atoms with van der Waals surface area (Å²) in [5.74, 6) is -1.98. The molecule has 0 radical (unpaired) electrons. The quantitative estimate of drug-likeness (QED) is 0.528. The molecule has 0 aliphatic carbocycles. The third-order valence-electron chi connectivity index (χ3n) is 4.55. The van der Waals surface area contributed by atoms with Gasteiger partial charge in [0.15, 0.2) is 5.69 Å². The van der Waals surface area contributed by atoms with Gasteiger partial charge in [-0.1, -0.05) is 18.2 Å². The summed E-state index contributed by atoms with van der Waals surface area (Å²) >= 11 is 0. The highest BCUT2D eigenvalue weighted by atomic mass is 19.1. The van der Waals surface area contributed by atoms with Crippen molar-refractivity contribution < 1.29 is 28.2 Å². The summed E-state index contributed by atoms with van der Waals surface area (Å²) in [5.41, 5.74) is 1.47. The summed E-state index contributed by atoms with van der Waals surface area (Å²) in [6.45, 7) is 3.81. The van der Waals surface area contributed by atoms with Crippen molar-refractivity contribution in [1.82, 2.24) is 9.78 Å². The zero-order valence-corrected chi connectivity index (χ0v) is 17.7. The Labute approximate surface area is 179 Å². The second-order valence-electron chi connectivity index (χ2n) is 6.96. The zero-order valence-electron chi connectivity index (χ0n) is 17.7. The fourth-order valence-electron chi connectivity index (χ4n) is 3.11. The topological polar surface area (TPSA) is 79.7 Å². The van der Waals surface area contributed by atoms with Gasteiger partial charge in [0.25, 0.3) is 0 Å². The van der Waals surface area contributed by atoms with Crippen LogP contribution in [0.15, 0.2) is 48.5 Å². The molecule has 2 aromatic carbocycles. The summed E-state index contributed by atoms with van der Waals surface area (Å²) in [6.07, 6.45) is -0.0938. The van der Waals surface area contributed by atoms with Crippen LogP contribution in [0.1, 0.15) is 40.3 Å². The predicted molar refractivity (Wildman–Crippen MR) is 112 cm³/mol. The zero-order chi connectivity index (χ0) is 22.5. The minimum atomic E-state index is -0.766. The molecule has 3 rings (SSSR count). The molecule has 0 saturated carbocycles. The molecule has 0 fully saturated rings. The maximum Gasteiger partial charge on any atom is 0.357 e. The number of benzene rings is 2. The third-order valence-corrected chi connectivity index (χ3v) is 4.55. The largest absolute Gasteiger partial charge is 0.465 e. The molecule has 3 aromatic rings. The lowest BCUT2D eigenvalue weighted by Crippen LogP contribution is -2.15. The van der Waals surface area contributed by atoms with Crippen molar-refractivity contribution in [3.05, 3.63) is 71.2 Å². The highest BCUT2D eigenvalue weighted by Crippen LogP contribution is 2.32. The van der Waals surface area contributed by atoms with Crippen LogP contribution < -0.4 is 0 Å². The smallest absolute Gasteiger partial charge is 0.357 e. The van der Waals surface area contributed by atoms with Gasteiger partial charge in [0, 0.05) is 5.56 Å². The number of rotatable bonds is 7. The third kappa shape index (κ3) is 4.64. The monoisotopic (exact) mass is 426 g/mol. The average molecular weight is 426 g/mol. The van der Waals surface area contributed by atoms with Crippen LogP contribution in [0.25, 0.3) is 16.9 Å². The van der Waals surface area contributed by atoms with Crippen molar-refractivity contribution >= 4 is 11.9 Å². The molecule has 0 unspecified atom stereocenters. The van der Waals surface area contributed by atoms with Crippen LogP contribution in [0, 0.1) is 5.82 Å². The van der Waals surface area contributed by atoms with Crippen LogP contribution in [0.3, 0.4) is 0 Å². The Balaban J connectivity index is 2.32. The van der Waals surface area contributed by atoms with E-state index in [1.807, 2.05) is 19.9 Å². The van der Waals surface area contributed by atoms with Crippen molar-refractivity contribution in [1.29, 1.82) is 0 Å². The van der Waals surface area contributed by atoms with Crippen LogP contribution in [0.4, 0.5) is 4.39 Å². The lowest BCUT2D eigenvalue weighted by atomic mass is 10.0. The fraction of sp³-hybridized carbons (Fsp3) is 0.261. The molecule has 0 spiro atoms. The van der Waals surface area contributed by atoms with Gasteiger partial charge in [-0.3, -0.25) is 0 Å². The molecule has 1 heterocycles. The Morgan fingerprint density at radius 2 is 1.71 bits per heavy atom. The summed E-state index contributed by atoms with van der Waals surface area (Å²) in [6, 6.07) is 12.9. The molecule has 0 aliphatic heterocycles. The van der Waals surface area contributed by atoms with E-state index in [-0.39, 0.29) is 29.7 Å². The van der Waals surface area contributed by atoms with E-state index in [2.05, 4.69) is 5.10 Å². The van der Waals surface area contributed by atoms with Crippen LogP contribution in [-0.2, 0) is 20.8 Å². The van der Waals surface area contributed by atoms with Gasteiger partial charge in [0.2, 0.25) is 0 Å². The van der Waals surface area contributed by atoms with E-state index in [4.69, 9.17) is 14.2 Å². The second kappa shape index (κ2) is 9.53. The highest BCUT2D eigenvalue weighted by molar-refractivity contribution is 6.07. The maximum atomic E-state index is 14.0. The first kappa shape index (κ1) is 22.2. The first-order valence-electron chi connectivity index (χ1n) is 9.62. The Hall–Kier alpha value is -3.52. The molecule has 0 atom stereocenters. The number of ether oxygens (including phenoxy) is 3. The number of carbonyl (C=O) groups is 2. The van der Waals surface area contributed by atoms with Crippen LogP contribution >= 0.6 is 0 Å². The van der Waals surface area contributed by atoms with E-state index in [1.54, 1.807) is 24.3 Å². The Morgan fingerprint density at radius 3 is 2.32 bits per heavy atom. The first-order chi connectivity index (χ1) is 14.9. The Kier molecular flexibility index (Phi) is 6.81. The number of hydrogen-bond donors (Lipinski definition) is 0. The minimum absolute atomic E-state index is 0.0735. The van der Waals surface area contributed by atoms with Crippen LogP contribution in [0.5, 0.6) is 0 Å². The van der Waals surface area contributed by atoms with Gasteiger partial charge in [0.05, 0.1) is 32.6 Å². The van der Waals surface area contributed by atoms with E-state index in [9.17, 15) is 14.0 Å². The second-order valence-corrected chi connectivity index (χ2v) is 6.96. The van der Waals surface area contributed by atoms with Gasteiger partial charge >= 0.3 is 11.9 Å². The highest BCUT2D eigenvalue weighted by Gasteiger charge is 2.32. The van der Waals surface area contributed by atoms with E-state index in [1.165, 1.54) is 37.1 Å². The molecule has 0 saturated heterocycles. The minimum Gasteiger partial charge on any atom is -0.465 e. The average Bonchev–Trinajstić information content (AvgIpc) is 3.17. The Morgan fingerprint density at radius 1 is 1.03 bits per heavy atom. The van der Waals surface area contributed by atoms with Gasteiger partial charge in [0.1, 0.15) is 17.1 Å². The molecular weight excluding hydrogens is 403 g/mol. The summed E-state index contributed by atoms with van der Waals surface area (Å²) < 4.78 is 30.8. The predicted octanol–water partition coefficient (Wildman–Crippen LogP) is 4.18. The number of carbonyl (C=O) groups excluding carboxylic acids is 2. The molecule has 0 aliphatic rings. The molecule has 0 N–H and O–H groups in total. The SMILES string of the molecule is COC(=O)c1c(-c2ccc(F)cc2COC(C)C)nn(-c2ccccc2)c1C(=O)OC. The van der Waals surface area contributed by atoms with Gasteiger partial charge in [-0.2, -0.15) is 5.10 Å². The summed E-state index contributed by atoms with van der Waals surface area (Å²) in [7, 11) is 2.42. The number of aromatic nitrogens is 2. The van der Waals surface area contributed by atoms with Crippen molar-refractivity contribution in [2.75, 3.05) is 14.2 Å². The van der Waals surface area contributed by atoms with E-state index >= 15 is 0 Å². The molecule has 0 bridgehead atoms. The lowest BCUT2D eigenvalue weighted by Gasteiger charge is -2.12. The molecule has 1 aromatic heterocycles. The van der Waals surface area contributed by atoms with Crippen molar-refractivity contribution in [2.24, 2.45) is 0 Å². The van der Waals surface area contributed by atoms with Gasteiger partial charge in [-0.15, -0.1) is 0 Å². The van der Waals surface area contributed by atoms with E-state index < -0.39 is 17.8 Å². The standard InChI is InChI=1S/C23H23FN2O5/c1-14(2)31-13-15-12-16(24)10-11-18(15)20-19(22(27)29-3)21(23(28)30-4)26(25-20)17-8-6-5-7-9-17/h5-12,14H,13H2,1-4H3. The first-order valence-corrected chi connectivity index (χ1v) is 9.62. The maximum absolute atomic E-state index is 14.0. The lowest BCUT2D eigenvalue weighted by molar-refractivity contribution is 0.0549. The molecule has 0 amide bonds. The van der Waals surface area contributed by atoms with Crippen LogP contribution in [-0.4, -0.2) is 42.0 Å². The van der Waals surface area contributed by atoms with E-state index in [0.29, 0.717) is 16.8 Å². The molecule has 7 nitrogen and oxygen atoms in total. The number of halogens is 1. The number of methoxy groups -OCH3 is 2. The molecular formula is C23H23FN2O5. The Bertz CT molecular complexity index is 1090. The number of para-hydroxylation sites is 1. The van der Waals surface area contributed by atoms with Gasteiger partial charge < -0.3 is 14.2 Å². The molecule has 8 heteroatoms. The molecule has 31 heavy (non-hydrogen) atoms. The fourth-order valence-corrected chi connectivity index (χ4v) is 3.11.